The Hall–Kier alpha value is -2.59. The molecule has 1 fully saturated rings. The van der Waals surface area contributed by atoms with Crippen molar-refractivity contribution < 1.29 is 27.9 Å². The zero-order chi connectivity index (χ0) is 25.8. The van der Waals surface area contributed by atoms with Crippen molar-refractivity contribution in [2.45, 2.75) is 94.5 Å². The summed E-state index contributed by atoms with van der Waals surface area (Å²) >= 11 is 0. The van der Waals surface area contributed by atoms with Crippen LogP contribution in [-0.2, 0) is 24.4 Å². The lowest BCUT2D eigenvalue weighted by Crippen LogP contribution is -2.50. The number of amides is 1. The highest BCUT2D eigenvalue weighted by atomic mass is 32.2. The lowest BCUT2D eigenvalue weighted by atomic mass is 10.0. The number of nitrogens with zero attached hydrogens (tertiary/aromatic N) is 1. The van der Waals surface area contributed by atoms with Crippen molar-refractivity contribution in [3.63, 3.8) is 0 Å². The van der Waals surface area contributed by atoms with Crippen LogP contribution in [0.4, 0.5) is 0 Å². The quantitative estimate of drug-likeness (QED) is 0.231. The number of nitrogens with one attached hydrogen (secondary N) is 2. The number of hydrogen-bond donors (Lipinski definition) is 3. The summed E-state index contributed by atoms with van der Waals surface area (Å²) in [4.78, 5) is 36.8. The minimum atomic E-state index is -3.88. The Balaban J connectivity index is 1.82. The molecule has 0 spiro atoms. The van der Waals surface area contributed by atoms with E-state index < -0.39 is 34.0 Å². The monoisotopic (exact) mass is 507 g/mol. The Bertz CT molecular complexity index is 980. The predicted molar refractivity (Wildman–Crippen MR) is 133 cm³/mol. The van der Waals surface area contributed by atoms with Crippen LogP contribution in [0, 0.1) is 5.41 Å². The maximum atomic E-state index is 13.0. The fourth-order valence-corrected chi connectivity index (χ4v) is 5.89. The molecular formula is C25H37N3O6S. The molecule has 35 heavy (non-hydrogen) atoms. The van der Waals surface area contributed by atoms with E-state index in [0.717, 1.165) is 42.8 Å². The molecule has 0 saturated carbocycles. The van der Waals surface area contributed by atoms with Gasteiger partial charge in [0.2, 0.25) is 15.9 Å². The van der Waals surface area contributed by atoms with Crippen LogP contribution in [-0.4, -0.2) is 59.8 Å². The Morgan fingerprint density at radius 2 is 1.69 bits per heavy atom. The third kappa shape index (κ3) is 9.18. The molecule has 1 aliphatic heterocycles. The lowest BCUT2D eigenvalue weighted by Gasteiger charge is -2.25. The van der Waals surface area contributed by atoms with E-state index in [0.29, 0.717) is 25.0 Å². The summed E-state index contributed by atoms with van der Waals surface area (Å²) in [5.41, 5.74) is 0.679. The van der Waals surface area contributed by atoms with Crippen LogP contribution < -0.4 is 5.32 Å². The van der Waals surface area contributed by atoms with Crippen molar-refractivity contribution in [1.29, 1.82) is 5.41 Å². The van der Waals surface area contributed by atoms with E-state index in [2.05, 4.69) is 5.32 Å². The van der Waals surface area contributed by atoms with Gasteiger partial charge in [0.25, 0.3) is 0 Å². The number of rotatable bonds is 16. The molecule has 1 heterocycles. The van der Waals surface area contributed by atoms with Gasteiger partial charge in [0, 0.05) is 25.1 Å². The fraction of sp³-hybridized carbons (Fsp3) is 0.600. The predicted octanol–water partition coefficient (Wildman–Crippen LogP) is 3.53. The highest BCUT2D eigenvalue weighted by molar-refractivity contribution is 7.89. The number of carboxylic acid groups (broad SMARTS) is 1. The zero-order valence-electron chi connectivity index (χ0n) is 20.4. The summed E-state index contributed by atoms with van der Waals surface area (Å²) in [6.45, 7) is 1.98. The molecule has 9 nitrogen and oxygen atoms in total. The third-order valence-electron chi connectivity index (χ3n) is 6.19. The lowest BCUT2D eigenvalue weighted by molar-refractivity contribution is -0.142. The Morgan fingerprint density at radius 3 is 2.31 bits per heavy atom. The topological polar surface area (TPSA) is 145 Å². The van der Waals surface area contributed by atoms with Crippen LogP contribution >= 0.6 is 0 Å². The summed E-state index contributed by atoms with van der Waals surface area (Å²) in [6, 6.07) is 5.61. The number of carbonyl (C=O) groups excluding carboxylic acids is 2. The van der Waals surface area contributed by atoms with Crippen molar-refractivity contribution in [2.75, 3.05) is 6.54 Å². The summed E-state index contributed by atoms with van der Waals surface area (Å²) in [6.07, 6.45) is 6.65. The second-order valence-corrected chi connectivity index (χ2v) is 11.0. The summed E-state index contributed by atoms with van der Waals surface area (Å²) in [5.74, 6) is -1.94. The first-order valence-corrected chi connectivity index (χ1v) is 13.7. The highest BCUT2D eigenvalue weighted by Crippen LogP contribution is 2.26. The third-order valence-corrected chi connectivity index (χ3v) is 8.11. The molecule has 1 amide bonds. The number of sulfonamides is 1. The smallest absolute Gasteiger partial charge is 0.326 e. The molecule has 1 saturated heterocycles. The van der Waals surface area contributed by atoms with Gasteiger partial charge in [0.1, 0.15) is 17.9 Å². The van der Waals surface area contributed by atoms with Gasteiger partial charge >= 0.3 is 5.97 Å². The molecule has 0 unspecified atom stereocenters. The van der Waals surface area contributed by atoms with Crippen LogP contribution in [0.2, 0.25) is 0 Å². The molecule has 2 atom stereocenters. The summed E-state index contributed by atoms with van der Waals surface area (Å²) in [5, 5.41) is 19.4. The fourth-order valence-electron chi connectivity index (χ4n) is 4.22. The first-order valence-electron chi connectivity index (χ1n) is 12.3. The molecule has 1 aliphatic rings. The van der Waals surface area contributed by atoms with Gasteiger partial charge in [-0.05, 0) is 57.6 Å². The van der Waals surface area contributed by atoms with Gasteiger partial charge in [0.05, 0.1) is 4.90 Å². The Kier molecular flexibility index (Phi) is 11.5. The van der Waals surface area contributed by atoms with E-state index in [1.54, 1.807) is 25.1 Å². The standard InChI is InChI=1S/C25H37N3O6S/c1-19(26)11-6-3-2-4-7-12-20(29)16-17-22(25(31)32)27-24(30)23-15-10-18-28(23)35(33,34)21-13-8-5-9-14-21/h5,8-9,13-14,22-23,26H,2-4,6-7,10-12,15-18H2,1H3,(H,27,30)(H,31,32)/t22-,23-/m0/s1. The van der Waals surface area contributed by atoms with Crippen molar-refractivity contribution in [1.82, 2.24) is 9.62 Å². The van der Waals surface area contributed by atoms with Gasteiger partial charge in [-0.3, -0.25) is 9.59 Å². The molecule has 194 valence electrons. The number of unbranched alkanes of at least 4 members (excludes halogenated alkanes) is 4. The first kappa shape index (κ1) is 28.6. The molecule has 0 radical (unpaired) electrons. The molecule has 0 aliphatic carbocycles. The first-order chi connectivity index (χ1) is 16.6. The van der Waals surface area contributed by atoms with Crippen LogP contribution in [0.1, 0.15) is 77.6 Å². The highest BCUT2D eigenvalue weighted by Gasteiger charge is 2.40. The van der Waals surface area contributed by atoms with Gasteiger partial charge in [-0.15, -0.1) is 0 Å². The largest absolute Gasteiger partial charge is 0.480 e. The van der Waals surface area contributed by atoms with Crippen molar-refractivity contribution in [3.05, 3.63) is 30.3 Å². The SMILES string of the molecule is CC(=N)CCCCCCCC(=O)CC[C@H](NC(=O)[C@@H]1CCCN1S(=O)(=O)c1ccccc1)C(=O)O. The van der Waals surface area contributed by atoms with E-state index in [-0.39, 0.29) is 30.1 Å². The molecule has 1 aromatic carbocycles. The molecule has 10 heteroatoms. The van der Waals surface area contributed by atoms with Crippen LogP contribution in [0.5, 0.6) is 0 Å². The van der Waals surface area contributed by atoms with Crippen molar-refractivity contribution in [2.24, 2.45) is 0 Å². The second-order valence-electron chi connectivity index (χ2n) is 9.11. The summed E-state index contributed by atoms with van der Waals surface area (Å²) < 4.78 is 27.1. The van der Waals surface area contributed by atoms with E-state index in [4.69, 9.17) is 5.41 Å². The van der Waals surface area contributed by atoms with E-state index >= 15 is 0 Å². The van der Waals surface area contributed by atoms with Crippen LogP contribution in [0.25, 0.3) is 0 Å². The number of ketones is 1. The molecule has 0 aromatic heterocycles. The number of carbonyl (C=O) groups is 3. The van der Waals surface area contributed by atoms with Gasteiger partial charge in [0.15, 0.2) is 0 Å². The Morgan fingerprint density at radius 1 is 1.06 bits per heavy atom. The van der Waals surface area contributed by atoms with Crippen molar-refractivity contribution >= 4 is 33.4 Å². The van der Waals surface area contributed by atoms with Gasteiger partial charge < -0.3 is 15.8 Å². The van der Waals surface area contributed by atoms with E-state index in [1.807, 2.05) is 0 Å². The average molecular weight is 508 g/mol. The van der Waals surface area contributed by atoms with Crippen LogP contribution in [0.15, 0.2) is 35.2 Å². The minimum absolute atomic E-state index is 0.0311. The van der Waals surface area contributed by atoms with Gasteiger partial charge in [-0.1, -0.05) is 37.5 Å². The summed E-state index contributed by atoms with van der Waals surface area (Å²) in [7, 11) is -3.88. The zero-order valence-corrected chi connectivity index (χ0v) is 21.2. The van der Waals surface area contributed by atoms with E-state index in [9.17, 15) is 27.9 Å². The van der Waals surface area contributed by atoms with E-state index in [1.165, 1.54) is 12.1 Å². The van der Waals surface area contributed by atoms with Crippen molar-refractivity contribution in [3.8, 4) is 0 Å². The molecule has 3 N–H and O–H groups in total. The number of Topliss-reactive ketones (excluding diaryl/α,β-unsaturated/α-hetero) is 1. The normalized spacial score (nSPS) is 17.1. The number of aliphatic carboxylic acids is 1. The van der Waals surface area contributed by atoms with Gasteiger partial charge in [-0.2, -0.15) is 4.31 Å². The number of carboxylic acids is 1. The molecule has 0 bridgehead atoms. The minimum Gasteiger partial charge on any atom is -0.480 e. The molecule has 2 rings (SSSR count). The van der Waals surface area contributed by atoms with Crippen LogP contribution in [0.3, 0.4) is 0 Å². The van der Waals surface area contributed by atoms with Gasteiger partial charge in [-0.25, -0.2) is 13.2 Å². The number of hydrogen-bond acceptors (Lipinski definition) is 6. The molecular weight excluding hydrogens is 470 g/mol. The molecule has 1 aromatic rings. The maximum Gasteiger partial charge on any atom is 0.326 e. The number of benzene rings is 1. The average Bonchev–Trinajstić information content (AvgIpc) is 3.32. The Labute approximate surface area is 207 Å². The maximum absolute atomic E-state index is 13.0. The second kappa shape index (κ2) is 14.1.